The first-order valence-corrected chi connectivity index (χ1v) is 8.15. The van der Waals surface area contributed by atoms with Crippen LogP contribution in [0.2, 0.25) is 5.02 Å². The molecular weight excluding hydrogens is 314 g/mol. The van der Waals surface area contributed by atoms with Gasteiger partial charge < -0.3 is 9.42 Å². The van der Waals surface area contributed by atoms with Crippen molar-refractivity contribution >= 4 is 17.5 Å². The summed E-state index contributed by atoms with van der Waals surface area (Å²) < 4.78 is 5.12. The lowest BCUT2D eigenvalue weighted by molar-refractivity contribution is -0.132. The van der Waals surface area contributed by atoms with Crippen LogP contribution in [-0.4, -0.2) is 47.0 Å². The Morgan fingerprint density at radius 2 is 1.91 bits per heavy atom. The first-order chi connectivity index (χ1) is 11.1. The summed E-state index contributed by atoms with van der Waals surface area (Å²) in [5.41, 5.74) is 2.05. The molecule has 1 aromatic heterocycles. The van der Waals surface area contributed by atoms with Crippen LogP contribution in [0.25, 0.3) is 0 Å². The van der Waals surface area contributed by atoms with Crippen LogP contribution >= 0.6 is 11.6 Å². The normalized spacial score (nSPS) is 15.8. The summed E-state index contributed by atoms with van der Waals surface area (Å²) in [6.07, 6.45) is 0.290. The van der Waals surface area contributed by atoms with E-state index in [4.69, 9.17) is 16.1 Å². The molecular formula is C17H20ClN3O2. The molecule has 1 aliphatic heterocycles. The first kappa shape index (κ1) is 16.0. The SMILES string of the molecule is Cc1cc(CC(=O)N2CCN(Cc3ccc(Cl)cc3)CC2)on1. The minimum absolute atomic E-state index is 0.104. The first-order valence-electron chi connectivity index (χ1n) is 7.77. The molecule has 0 radical (unpaired) electrons. The Bertz CT molecular complexity index is 661. The highest BCUT2D eigenvalue weighted by molar-refractivity contribution is 6.30. The maximum absolute atomic E-state index is 12.3. The summed E-state index contributed by atoms with van der Waals surface area (Å²) >= 11 is 5.91. The van der Waals surface area contributed by atoms with Crippen molar-refractivity contribution in [3.8, 4) is 0 Å². The zero-order valence-electron chi connectivity index (χ0n) is 13.2. The van der Waals surface area contributed by atoms with E-state index in [1.807, 2.05) is 42.2 Å². The van der Waals surface area contributed by atoms with Gasteiger partial charge in [-0.2, -0.15) is 0 Å². The number of nitrogens with zero attached hydrogens (tertiary/aromatic N) is 3. The van der Waals surface area contributed by atoms with E-state index in [0.29, 0.717) is 5.76 Å². The maximum atomic E-state index is 12.3. The zero-order valence-corrected chi connectivity index (χ0v) is 13.9. The molecule has 6 heteroatoms. The molecule has 0 aliphatic carbocycles. The molecule has 2 heterocycles. The number of halogens is 1. The second-order valence-corrected chi connectivity index (χ2v) is 6.33. The van der Waals surface area contributed by atoms with Crippen LogP contribution in [0.5, 0.6) is 0 Å². The van der Waals surface area contributed by atoms with E-state index in [-0.39, 0.29) is 12.3 Å². The van der Waals surface area contributed by atoms with Crippen molar-refractivity contribution in [1.82, 2.24) is 15.0 Å². The third kappa shape index (κ3) is 4.33. The lowest BCUT2D eigenvalue weighted by Crippen LogP contribution is -2.48. The molecule has 3 rings (SSSR count). The molecule has 0 atom stereocenters. The molecule has 1 amide bonds. The van der Waals surface area contributed by atoms with E-state index in [1.165, 1.54) is 5.56 Å². The largest absolute Gasteiger partial charge is 0.361 e. The summed E-state index contributed by atoms with van der Waals surface area (Å²) in [6.45, 7) is 6.00. The second-order valence-electron chi connectivity index (χ2n) is 5.89. The number of carbonyl (C=O) groups excluding carboxylic acids is 1. The number of benzene rings is 1. The van der Waals surface area contributed by atoms with Gasteiger partial charge in [0.1, 0.15) is 5.76 Å². The molecule has 1 aromatic carbocycles. The number of rotatable bonds is 4. The Morgan fingerprint density at radius 1 is 1.22 bits per heavy atom. The zero-order chi connectivity index (χ0) is 16.2. The average Bonchev–Trinajstić information content (AvgIpc) is 2.95. The third-order valence-corrected chi connectivity index (χ3v) is 4.30. The smallest absolute Gasteiger partial charge is 0.230 e. The average molecular weight is 334 g/mol. The Morgan fingerprint density at radius 3 is 2.52 bits per heavy atom. The summed E-state index contributed by atoms with van der Waals surface area (Å²) in [4.78, 5) is 16.5. The highest BCUT2D eigenvalue weighted by Gasteiger charge is 2.22. The van der Waals surface area contributed by atoms with Crippen molar-refractivity contribution in [3.05, 3.63) is 52.4 Å². The van der Waals surface area contributed by atoms with E-state index in [1.54, 1.807) is 0 Å². The fraction of sp³-hybridized carbons (Fsp3) is 0.412. The molecule has 122 valence electrons. The van der Waals surface area contributed by atoms with E-state index in [2.05, 4.69) is 10.1 Å². The number of aromatic nitrogens is 1. The summed E-state index contributed by atoms with van der Waals surface area (Å²) in [7, 11) is 0. The van der Waals surface area contributed by atoms with E-state index < -0.39 is 0 Å². The van der Waals surface area contributed by atoms with Crippen molar-refractivity contribution in [1.29, 1.82) is 0 Å². The highest BCUT2D eigenvalue weighted by Crippen LogP contribution is 2.13. The minimum atomic E-state index is 0.104. The van der Waals surface area contributed by atoms with Crippen LogP contribution < -0.4 is 0 Å². The van der Waals surface area contributed by atoms with Gasteiger partial charge in [-0.05, 0) is 24.6 Å². The Hall–Kier alpha value is -1.85. The van der Waals surface area contributed by atoms with Gasteiger partial charge in [-0.15, -0.1) is 0 Å². The Kier molecular flexibility index (Phi) is 4.98. The molecule has 0 bridgehead atoms. The van der Waals surface area contributed by atoms with Gasteiger partial charge in [0, 0.05) is 43.8 Å². The molecule has 0 saturated carbocycles. The van der Waals surface area contributed by atoms with Crippen LogP contribution in [0.15, 0.2) is 34.9 Å². The molecule has 1 fully saturated rings. The molecule has 2 aromatic rings. The van der Waals surface area contributed by atoms with Crippen LogP contribution in [0.1, 0.15) is 17.0 Å². The fourth-order valence-corrected chi connectivity index (χ4v) is 2.89. The van der Waals surface area contributed by atoms with Gasteiger partial charge >= 0.3 is 0 Å². The number of carbonyl (C=O) groups is 1. The van der Waals surface area contributed by atoms with Gasteiger partial charge in [0.15, 0.2) is 0 Å². The van der Waals surface area contributed by atoms with Crippen molar-refractivity contribution in [2.45, 2.75) is 19.9 Å². The molecule has 23 heavy (non-hydrogen) atoms. The number of amides is 1. The Balaban J connectivity index is 1.48. The lowest BCUT2D eigenvalue weighted by Gasteiger charge is -2.34. The lowest BCUT2D eigenvalue weighted by atomic mass is 10.2. The van der Waals surface area contributed by atoms with Crippen molar-refractivity contribution < 1.29 is 9.32 Å². The van der Waals surface area contributed by atoms with E-state index in [9.17, 15) is 4.79 Å². The highest BCUT2D eigenvalue weighted by atomic mass is 35.5. The predicted molar refractivity (Wildman–Crippen MR) is 88.3 cm³/mol. The van der Waals surface area contributed by atoms with Crippen LogP contribution in [0.3, 0.4) is 0 Å². The molecule has 0 unspecified atom stereocenters. The van der Waals surface area contributed by atoms with Crippen molar-refractivity contribution in [2.24, 2.45) is 0 Å². The van der Waals surface area contributed by atoms with Gasteiger partial charge in [0.05, 0.1) is 12.1 Å². The summed E-state index contributed by atoms with van der Waals surface area (Å²) in [5.74, 6) is 0.739. The van der Waals surface area contributed by atoms with Crippen LogP contribution in [-0.2, 0) is 17.8 Å². The summed E-state index contributed by atoms with van der Waals surface area (Å²) in [5, 5.41) is 4.57. The predicted octanol–water partition coefficient (Wildman–Crippen LogP) is 2.52. The molecule has 5 nitrogen and oxygen atoms in total. The minimum Gasteiger partial charge on any atom is -0.361 e. The topological polar surface area (TPSA) is 49.6 Å². The maximum Gasteiger partial charge on any atom is 0.230 e. The van der Waals surface area contributed by atoms with Gasteiger partial charge in [-0.1, -0.05) is 28.9 Å². The van der Waals surface area contributed by atoms with Gasteiger partial charge in [0.25, 0.3) is 0 Å². The van der Waals surface area contributed by atoms with E-state index in [0.717, 1.165) is 43.4 Å². The van der Waals surface area contributed by atoms with Gasteiger partial charge in [0.2, 0.25) is 5.91 Å². The number of aryl methyl sites for hydroxylation is 1. The second kappa shape index (κ2) is 7.15. The number of piperazine rings is 1. The molecule has 1 saturated heterocycles. The van der Waals surface area contributed by atoms with Gasteiger partial charge in [-0.25, -0.2) is 0 Å². The Labute approximate surface area is 140 Å². The molecule has 0 N–H and O–H groups in total. The summed E-state index contributed by atoms with van der Waals surface area (Å²) in [6, 6.07) is 9.74. The third-order valence-electron chi connectivity index (χ3n) is 4.05. The molecule has 0 spiro atoms. The van der Waals surface area contributed by atoms with Crippen molar-refractivity contribution in [2.75, 3.05) is 26.2 Å². The monoisotopic (exact) mass is 333 g/mol. The molecule has 1 aliphatic rings. The van der Waals surface area contributed by atoms with Gasteiger partial charge in [-0.3, -0.25) is 9.69 Å². The van der Waals surface area contributed by atoms with Crippen LogP contribution in [0.4, 0.5) is 0 Å². The van der Waals surface area contributed by atoms with Crippen molar-refractivity contribution in [3.63, 3.8) is 0 Å². The fourth-order valence-electron chi connectivity index (χ4n) is 2.76. The quantitative estimate of drug-likeness (QED) is 0.862. The number of hydrogen-bond donors (Lipinski definition) is 0. The van der Waals surface area contributed by atoms with E-state index >= 15 is 0 Å². The standard InChI is InChI=1S/C17H20ClN3O2/c1-13-10-16(23-19-13)11-17(22)21-8-6-20(7-9-21)12-14-2-4-15(18)5-3-14/h2-5,10H,6-9,11-12H2,1H3. The number of hydrogen-bond acceptors (Lipinski definition) is 4. The van der Waals surface area contributed by atoms with Crippen LogP contribution in [0, 0.1) is 6.92 Å².